The standard InChI is InChI=1S/C20H28N6O/c1-15-6-9-22-26(15)12-8-19(27)25-11-7-17-16(14-25)13-21-20(23-17)18-5-3-4-10-24(18)2/h6,9,13,18H,3-5,7-8,10-12,14H2,1-2H3. The molecule has 0 spiro atoms. The molecule has 0 aromatic carbocycles. The fourth-order valence-corrected chi connectivity index (χ4v) is 4.10. The summed E-state index contributed by atoms with van der Waals surface area (Å²) in [5, 5.41) is 4.25. The van der Waals surface area contributed by atoms with Crippen molar-refractivity contribution < 1.29 is 4.79 Å². The molecule has 0 saturated carbocycles. The van der Waals surface area contributed by atoms with Crippen LogP contribution in [-0.2, 0) is 24.3 Å². The van der Waals surface area contributed by atoms with Crippen molar-refractivity contribution in [2.24, 2.45) is 0 Å². The van der Waals surface area contributed by atoms with Crippen molar-refractivity contribution in [1.29, 1.82) is 0 Å². The third-order valence-corrected chi connectivity index (χ3v) is 5.84. The lowest BCUT2D eigenvalue weighted by Crippen LogP contribution is -2.37. The predicted molar refractivity (Wildman–Crippen MR) is 102 cm³/mol. The summed E-state index contributed by atoms with van der Waals surface area (Å²) in [7, 11) is 2.16. The number of nitrogens with zero attached hydrogens (tertiary/aromatic N) is 6. The maximum Gasteiger partial charge on any atom is 0.224 e. The summed E-state index contributed by atoms with van der Waals surface area (Å²) in [5.74, 6) is 1.12. The third-order valence-electron chi connectivity index (χ3n) is 5.84. The molecular weight excluding hydrogens is 340 g/mol. The van der Waals surface area contributed by atoms with E-state index >= 15 is 0 Å². The van der Waals surface area contributed by atoms with Crippen molar-refractivity contribution in [1.82, 2.24) is 29.5 Å². The van der Waals surface area contributed by atoms with Crippen molar-refractivity contribution in [3.8, 4) is 0 Å². The van der Waals surface area contributed by atoms with Gasteiger partial charge in [0, 0.05) is 56.1 Å². The molecule has 144 valence electrons. The monoisotopic (exact) mass is 368 g/mol. The molecule has 7 heteroatoms. The van der Waals surface area contributed by atoms with Crippen LogP contribution in [0.4, 0.5) is 0 Å². The van der Waals surface area contributed by atoms with Crippen molar-refractivity contribution in [2.75, 3.05) is 20.1 Å². The lowest BCUT2D eigenvalue weighted by atomic mass is 10.0. The van der Waals surface area contributed by atoms with Crippen LogP contribution in [0.25, 0.3) is 0 Å². The highest BCUT2D eigenvalue weighted by Gasteiger charge is 2.26. The van der Waals surface area contributed by atoms with E-state index in [1.165, 1.54) is 12.8 Å². The molecule has 4 rings (SSSR count). The highest BCUT2D eigenvalue weighted by molar-refractivity contribution is 5.76. The molecule has 0 radical (unpaired) electrons. The molecule has 1 atom stereocenters. The van der Waals surface area contributed by atoms with E-state index in [0.29, 0.717) is 25.6 Å². The average Bonchev–Trinajstić information content (AvgIpc) is 3.10. The number of hydrogen-bond donors (Lipinski definition) is 0. The second-order valence-corrected chi connectivity index (χ2v) is 7.70. The molecule has 27 heavy (non-hydrogen) atoms. The van der Waals surface area contributed by atoms with E-state index in [9.17, 15) is 4.79 Å². The predicted octanol–water partition coefficient (Wildman–Crippen LogP) is 2.11. The van der Waals surface area contributed by atoms with E-state index in [0.717, 1.165) is 48.7 Å². The molecule has 0 bridgehead atoms. The maximum atomic E-state index is 12.6. The van der Waals surface area contributed by atoms with Crippen LogP contribution in [0, 0.1) is 6.92 Å². The molecule has 2 aromatic rings. The van der Waals surface area contributed by atoms with Crippen LogP contribution in [0.15, 0.2) is 18.5 Å². The Kier molecular flexibility index (Phi) is 5.20. The van der Waals surface area contributed by atoms with Gasteiger partial charge in [0.25, 0.3) is 0 Å². The molecule has 2 aliphatic rings. The number of likely N-dealkylation sites (tertiary alicyclic amines) is 1. The molecule has 4 heterocycles. The Balaban J connectivity index is 1.39. The largest absolute Gasteiger partial charge is 0.338 e. The van der Waals surface area contributed by atoms with Gasteiger partial charge in [0.1, 0.15) is 5.82 Å². The van der Waals surface area contributed by atoms with E-state index in [-0.39, 0.29) is 5.91 Å². The van der Waals surface area contributed by atoms with Crippen molar-refractivity contribution in [3.05, 3.63) is 41.2 Å². The van der Waals surface area contributed by atoms with Crippen LogP contribution in [0.1, 0.15) is 54.5 Å². The highest BCUT2D eigenvalue weighted by atomic mass is 16.2. The number of aryl methyl sites for hydroxylation is 2. The van der Waals surface area contributed by atoms with Gasteiger partial charge in [0.05, 0.1) is 11.7 Å². The van der Waals surface area contributed by atoms with E-state index in [1.54, 1.807) is 6.20 Å². The minimum Gasteiger partial charge on any atom is -0.338 e. The highest BCUT2D eigenvalue weighted by Crippen LogP contribution is 2.28. The Hall–Kier alpha value is -2.28. The third kappa shape index (κ3) is 3.88. The zero-order chi connectivity index (χ0) is 18.8. The molecule has 1 amide bonds. The smallest absolute Gasteiger partial charge is 0.224 e. The van der Waals surface area contributed by atoms with E-state index < -0.39 is 0 Å². The molecule has 1 fully saturated rings. The fraction of sp³-hybridized carbons (Fsp3) is 0.600. The molecule has 7 nitrogen and oxygen atoms in total. The Morgan fingerprint density at radius 2 is 2.19 bits per heavy atom. The van der Waals surface area contributed by atoms with E-state index in [2.05, 4.69) is 22.0 Å². The van der Waals surface area contributed by atoms with Crippen LogP contribution in [0.2, 0.25) is 0 Å². The minimum absolute atomic E-state index is 0.173. The van der Waals surface area contributed by atoms with Gasteiger partial charge in [0.15, 0.2) is 0 Å². The number of piperidine rings is 1. The van der Waals surface area contributed by atoms with Crippen molar-refractivity contribution in [3.63, 3.8) is 0 Å². The SMILES string of the molecule is Cc1ccnn1CCC(=O)N1CCc2nc(C3CCCCN3C)ncc2C1. The van der Waals surface area contributed by atoms with Crippen LogP contribution in [0.5, 0.6) is 0 Å². The molecule has 2 aromatic heterocycles. The quantitative estimate of drug-likeness (QED) is 0.827. The molecule has 1 saturated heterocycles. The zero-order valence-corrected chi connectivity index (χ0v) is 16.3. The van der Waals surface area contributed by atoms with E-state index in [4.69, 9.17) is 4.98 Å². The summed E-state index contributed by atoms with van der Waals surface area (Å²) in [4.78, 5) is 26.4. The lowest BCUT2D eigenvalue weighted by Gasteiger charge is -2.33. The summed E-state index contributed by atoms with van der Waals surface area (Å²) in [6.45, 7) is 5.11. The Morgan fingerprint density at radius 3 is 2.96 bits per heavy atom. The molecular formula is C20H28N6O. The first-order valence-corrected chi connectivity index (χ1v) is 9.93. The van der Waals surface area contributed by atoms with Gasteiger partial charge in [-0.15, -0.1) is 0 Å². The Bertz CT molecular complexity index is 817. The topological polar surface area (TPSA) is 67.2 Å². The number of amides is 1. The normalized spacial score (nSPS) is 20.5. The zero-order valence-electron chi connectivity index (χ0n) is 16.3. The van der Waals surface area contributed by atoms with Crippen LogP contribution < -0.4 is 0 Å². The Morgan fingerprint density at radius 1 is 1.30 bits per heavy atom. The van der Waals surface area contributed by atoms with Gasteiger partial charge in [-0.25, -0.2) is 9.97 Å². The van der Waals surface area contributed by atoms with Gasteiger partial charge in [-0.05, 0) is 39.4 Å². The Labute approximate surface area is 160 Å². The molecule has 1 unspecified atom stereocenters. The number of aromatic nitrogens is 4. The first-order valence-electron chi connectivity index (χ1n) is 9.93. The van der Waals surface area contributed by atoms with Gasteiger partial charge in [0.2, 0.25) is 5.91 Å². The van der Waals surface area contributed by atoms with Crippen LogP contribution in [-0.4, -0.2) is 55.6 Å². The van der Waals surface area contributed by atoms with Crippen molar-refractivity contribution >= 4 is 5.91 Å². The minimum atomic E-state index is 0.173. The molecule has 0 aliphatic carbocycles. The van der Waals surface area contributed by atoms with Crippen LogP contribution >= 0.6 is 0 Å². The first kappa shape index (κ1) is 18.1. The lowest BCUT2D eigenvalue weighted by molar-refractivity contribution is -0.132. The summed E-state index contributed by atoms with van der Waals surface area (Å²) < 4.78 is 1.88. The number of carbonyl (C=O) groups is 1. The summed E-state index contributed by atoms with van der Waals surface area (Å²) in [6, 6.07) is 2.29. The fourth-order valence-electron chi connectivity index (χ4n) is 4.10. The van der Waals surface area contributed by atoms with Gasteiger partial charge < -0.3 is 4.90 Å². The second kappa shape index (κ2) is 7.76. The molecule has 0 N–H and O–H groups in total. The summed E-state index contributed by atoms with van der Waals surface area (Å²) in [6.07, 6.45) is 8.64. The number of fused-ring (bicyclic) bond motifs is 1. The number of carbonyl (C=O) groups excluding carboxylic acids is 1. The average molecular weight is 368 g/mol. The molecule has 2 aliphatic heterocycles. The number of rotatable bonds is 4. The van der Waals surface area contributed by atoms with Gasteiger partial charge in [-0.3, -0.25) is 14.4 Å². The van der Waals surface area contributed by atoms with Gasteiger partial charge >= 0.3 is 0 Å². The summed E-state index contributed by atoms with van der Waals surface area (Å²) in [5.41, 5.74) is 3.29. The van der Waals surface area contributed by atoms with Crippen molar-refractivity contribution in [2.45, 2.75) is 58.2 Å². The maximum absolute atomic E-state index is 12.6. The van der Waals surface area contributed by atoms with Gasteiger partial charge in [-0.2, -0.15) is 5.10 Å². The second-order valence-electron chi connectivity index (χ2n) is 7.70. The summed E-state index contributed by atoms with van der Waals surface area (Å²) >= 11 is 0. The van der Waals surface area contributed by atoms with Crippen LogP contribution in [0.3, 0.4) is 0 Å². The first-order chi connectivity index (χ1) is 13.1. The van der Waals surface area contributed by atoms with E-state index in [1.807, 2.05) is 28.8 Å². The number of hydrogen-bond acceptors (Lipinski definition) is 5. The van der Waals surface area contributed by atoms with Gasteiger partial charge in [-0.1, -0.05) is 6.42 Å².